The number of halogens is 1. The maximum Gasteiger partial charge on any atom is 0.373 e. The van der Waals surface area contributed by atoms with E-state index in [1.807, 2.05) is 20.8 Å². The number of ether oxygens (including phenoxy) is 2. The molecule has 2 heterocycles. The average Bonchev–Trinajstić information content (AvgIpc) is 3.23. The van der Waals surface area contributed by atoms with Crippen LogP contribution >= 0.6 is 15.9 Å². The van der Waals surface area contributed by atoms with Crippen LogP contribution < -0.4 is 10.1 Å². The van der Waals surface area contributed by atoms with Crippen molar-refractivity contribution in [1.82, 2.24) is 10.2 Å². The monoisotopic (exact) mass is 476 g/mol. The molecule has 1 saturated heterocycles. The minimum absolute atomic E-state index is 0.00210. The Morgan fingerprint density at radius 3 is 2.60 bits per heavy atom. The molecule has 30 heavy (non-hydrogen) atoms. The molecule has 0 spiro atoms. The van der Waals surface area contributed by atoms with Gasteiger partial charge in [-0.1, -0.05) is 6.07 Å². The smallest absolute Gasteiger partial charge is 0.373 e. The zero-order chi connectivity index (χ0) is 22.1. The van der Waals surface area contributed by atoms with Gasteiger partial charge < -0.3 is 19.2 Å². The molecule has 9 heteroatoms. The van der Waals surface area contributed by atoms with Crippen LogP contribution in [-0.4, -0.2) is 35.5 Å². The van der Waals surface area contributed by atoms with E-state index in [9.17, 15) is 14.4 Å². The molecule has 0 aliphatic carbocycles. The first-order valence-corrected chi connectivity index (χ1v) is 9.87. The lowest BCUT2D eigenvalue weighted by Gasteiger charge is -2.22. The number of methoxy groups -OCH3 is 1. The minimum Gasteiger partial charge on any atom is -0.487 e. The summed E-state index contributed by atoms with van der Waals surface area (Å²) in [5.41, 5.74) is 0.494. The van der Waals surface area contributed by atoms with Gasteiger partial charge in [0.15, 0.2) is 0 Å². The number of nitrogens with zero attached hydrogens (tertiary/aromatic N) is 1. The summed E-state index contributed by atoms with van der Waals surface area (Å²) in [4.78, 5) is 37.4. The molecule has 1 aromatic heterocycles. The summed E-state index contributed by atoms with van der Waals surface area (Å²) in [6.45, 7) is 5.73. The number of benzene rings is 1. The van der Waals surface area contributed by atoms with Crippen LogP contribution in [0.1, 0.15) is 42.6 Å². The highest BCUT2D eigenvalue weighted by atomic mass is 79.9. The van der Waals surface area contributed by atoms with Crippen LogP contribution in [0.15, 0.2) is 44.9 Å². The first-order chi connectivity index (χ1) is 14.1. The van der Waals surface area contributed by atoms with E-state index in [2.05, 4.69) is 26.0 Å². The van der Waals surface area contributed by atoms with Gasteiger partial charge in [-0.05, 0) is 72.6 Å². The number of hydrogen-bond donors (Lipinski definition) is 1. The second-order valence-electron chi connectivity index (χ2n) is 7.54. The van der Waals surface area contributed by atoms with Crippen molar-refractivity contribution >= 4 is 39.9 Å². The van der Waals surface area contributed by atoms with Crippen LogP contribution in [0.25, 0.3) is 6.08 Å². The van der Waals surface area contributed by atoms with Crippen LogP contribution in [0.5, 0.6) is 5.75 Å². The van der Waals surface area contributed by atoms with Gasteiger partial charge in [0.1, 0.15) is 22.8 Å². The van der Waals surface area contributed by atoms with Crippen LogP contribution in [0.2, 0.25) is 0 Å². The molecular weight excluding hydrogens is 456 g/mol. The second-order valence-corrected chi connectivity index (χ2v) is 8.40. The Hall–Kier alpha value is -3.07. The first kappa shape index (κ1) is 21.6. The highest BCUT2D eigenvalue weighted by Gasteiger charge is 2.34. The van der Waals surface area contributed by atoms with Crippen LogP contribution in [0.4, 0.5) is 4.79 Å². The summed E-state index contributed by atoms with van der Waals surface area (Å²) in [5.74, 6) is -0.178. The van der Waals surface area contributed by atoms with Gasteiger partial charge >= 0.3 is 12.0 Å². The number of nitrogens with one attached hydrogen (secondary N) is 1. The molecule has 1 N–H and O–H groups in total. The predicted octanol–water partition coefficient (Wildman–Crippen LogP) is 4.10. The Morgan fingerprint density at radius 1 is 1.23 bits per heavy atom. The van der Waals surface area contributed by atoms with E-state index in [1.165, 1.54) is 19.2 Å². The molecule has 0 unspecified atom stereocenters. The number of esters is 1. The van der Waals surface area contributed by atoms with Crippen molar-refractivity contribution in [2.24, 2.45) is 0 Å². The van der Waals surface area contributed by atoms with E-state index in [0.29, 0.717) is 11.3 Å². The summed E-state index contributed by atoms with van der Waals surface area (Å²) < 4.78 is 16.5. The molecular formula is C21H21BrN2O6. The number of rotatable bonds is 5. The third-order valence-electron chi connectivity index (χ3n) is 4.01. The predicted molar refractivity (Wildman–Crippen MR) is 112 cm³/mol. The number of carbonyl (C=O) groups is 3. The van der Waals surface area contributed by atoms with E-state index >= 15 is 0 Å². The third kappa shape index (κ3) is 4.91. The largest absolute Gasteiger partial charge is 0.487 e. The molecule has 1 aliphatic rings. The van der Waals surface area contributed by atoms with Gasteiger partial charge in [-0.3, -0.25) is 9.69 Å². The molecule has 8 nitrogen and oxygen atoms in total. The average molecular weight is 477 g/mol. The first-order valence-electron chi connectivity index (χ1n) is 9.07. The van der Waals surface area contributed by atoms with Crippen LogP contribution in [0.3, 0.4) is 0 Å². The molecule has 3 rings (SSSR count). The Morgan fingerprint density at radius 2 is 1.97 bits per heavy atom. The molecule has 0 atom stereocenters. The maximum absolute atomic E-state index is 12.7. The van der Waals surface area contributed by atoms with Gasteiger partial charge in [0, 0.05) is 0 Å². The second kappa shape index (κ2) is 8.35. The Labute approximate surface area is 181 Å². The molecule has 0 saturated carbocycles. The highest BCUT2D eigenvalue weighted by Crippen LogP contribution is 2.30. The van der Waals surface area contributed by atoms with E-state index in [1.54, 1.807) is 24.3 Å². The molecule has 1 fully saturated rings. The number of amides is 3. The molecule has 1 aliphatic heterocycles. The Kier molecular flexibility index (Phi) is 6.02. The third-order valence-corrected chi connectivity index (χ3v) is 4.63. The van der Waals surface area contributed by atoms with Gasteiger partial charge in [0.2, 0.25) is 5.76 Å². The standard InChI is InChI=1S/C21H21BrN2O6/c1-21(2,3)30-16-7-5-12(9-14(16)22)10-15-18(25)24(20(27)23-15)11-13-6-8-17(29-13)19(26)28-4/h5-10H,11H2,1-4H3,(H,23,27)/b15-10-. The van der Waals surface area contributed by atoms with E-state index in [-0.39, 0.29) is 29.4 Å². The fourth-order valence-corrected chi connectivity index (χ4v) is 3.21. The molecule has 1 aromatic carbocycles. The Bertz CT molecular complexity index is 1030. The molecule has 2 aromatic rings. The fraction of sp³-hybridized carbons (Fsp3) is 0.286. The van der Waals surface area contributed by atoms with Crippen molar-refractivity contribution in [2.45, 2.75) is 32.9 Å². The Balaban J connectivity index is 1.75. The lowest BCUT2D eigenvalue weighted by atomic mass is 10.1. The molecule has 0 bridgehead atoms. The topological polar surface area (TPSA) is 98.1 Å². The van der Waals surface area contributed by atoms with Crippen molar-refractivity contribution in [1.29, 1.82) is 0 Å². The van der Waals surface area contributed by atoms with Gasteiger partial charge in [-0.15, -0.1) is 0 Å². The van der Waals surface area contributed by atoms with Crippen molar-refractivity contribution in [3.8, 4) is 5.75 Å². The molecule has 3 amide bonds. The SMILES string of the molecule is COC(=O)c1ccc(CN2C(=O)N/C(=C\c3ccc(OC(C)(C)C)c(Br)c3)C2=O)o1. The van der Waals surface area contributed by atoms with Crippen molar-refractivity contribution in [3.63, 3.8) is 0 Å². The lowest BCUT2D eigenvalue weighted by Crippen LogP contribution is -2.30. The summed E-state index contributed by atoms with van der Waals surface area (Å²) >= 11 is 3.47. The van der Waals surface area contributed by atoms with E-state index < -0.39 is 17.9 Å². The van der Waals surface area contributed by atoms with E-state index in [4.69, 9.17) is 9.15 Å². The van der Waals surface area contributed by atoms with E-state index in [0.717, 1.165) is 9.37 Å². The molecule has 0 radical (unpaired) electrons. The number of urea groups is 1. The van der Waals surface area contributed by atoms with Gasteiger partial charge in [0.05, 0.1) is 18.1 Å². The minimum atomic E-state index is -0.636. The highest BCUT2D eigenvalue weighted by molar-refractivity contribution is 9.10. The van der Waals surface area contributed by atoms with Gasteiger partial charge in [-0.25, -0.2) is 9.59 Å². The summed E-state index contributed by atoms with van der Waals surface area (Å²) in [7, 11) is 1.24. The summed E-state index contributed by atoms with van der Waals surface area (Å²) in [6, 6.07) is 7.74. The number of imide groups is 1. The zero-order valence-electron chi connectivity index (χ0n) is 16.9. The normalized spacial score (nSPS) is 15.5. The van der Waals surface area contributed by atoms with Gasteiger partial charge in [-0.2, -0.15) is 0 Å². The van der Waals surface area contributed by atoms with Crippen molar-refractivity contribution in [3.05, 3.63) is 57.6 Å². The van der Waals surface area contributed by atoms with Crippen molar-refractivity contribution in [2.75, 3.05) is 7.11 Å². The summed E-state index contributed by atoms with van der Waals surface area (Å²) in [5, 5.41) is 2.55. The molecule has 158 valence electrons. The number of carbonyl (C=O) groups excluding carboxylic acids is 3. The van der Waals surface area contributed by atoms with Gasteiger partial charge in [0.25, 0.3) is 5.91 Å². The lowest BCUT2D eigenvalue weighted by molar-refractivity contribution is -0.123. The number of hydrogen-bond acceptors (Lipinski definition) is 6. The van der Waals surface area contributed by atoms with Crippen LogP contribution in [0, 0.1) is 0 Å². The fourth-order valence-electron chi connectivity index (χ4n) is 2.73. The maximum atomic E-state index is 12.7. The zero-order valence-corrected chi connectivity index (χ0v) is 18.5. The number of furan rings is 1. The summed E-state index contributed by atoms with van der Waals surface area (Å²) in [6.07, 6.45) is 1.58. The van der Waals surface area contributed by atoms with Crippen molar-refractivity contribution < 1.29 is 28.3 Å². The van der Waals surface area contributed by atoms with Crippen LogP contribution in [-0.2, 0) is 16.1 Å². The quantitative estimate of drug-likeness (QED) is 0.396.